The van der Waals surface area contributed by atoms with Crippen molar-refractivity contribution in [3.63, 3.8) is 0 Å². The van der Waals surface area contributed by atoms with E-state index >= 15 is 0 Å². The normalized spacial score (nSPS) is 11.2. The van der Waals surface area contributed by atoms with Crippen molar-refractivity contribution in [3.05, 3.63) is 163 Å². The predicted octanol–water partition coefficient (Wildman–Crippen LogP) is 12.0. The Balaban J connectivity index is 0.000000214. The van der Waals surface area contributed by atoms with Gasteiger partial charge in [0.1, 0.15) is 5.58 Å². The molecule has 0 spiro atoms. The molecule has 0 saturated heterocycles. The average molecular weight is 969 g/mol. The number of furan rings is 1. The van der Waals surface area contributed by atoms with E-state index in [4.69, 9.17) is 14.1 Å². The molecule has 9 aromatic rings. The van der Waals surface area contributed by atoms with Crippen molar-refractivity contribution in [1.29, 1.82) is 0 Å². The number of para-hydroxylation sites is 1. The maximum atomic E-state index is 6.48. The largest absolute Gasteiger partial charge is 0.501 e. The van der Waals surface area contributed by atoms with Crippen LogP contribution in [0.25, 0.3) is 77.5 Å². The van der Waals surface area contributed by atoms with Gasteiger partial charge < -0.3 is 9.40 Å². The summed E-state index contributed by atoms with van der Waals surface area (Å²) in [7, 11) is 1.67. The molecule has 0 aliphatic rings. The Morgan fingerprint density at radius 2 is 1.39 bits per heavy atom. The molecular weight excluding hydrogens is 927 g/mol. The predicted molar refractivity (Wildman–Crippen MR) is 229 cm³/mol. The summed E-state index contributed by atoms with van der Waals surface area (Å²) >= 11 is -1.76. The van der Waals surface area contributed by atoms with Gasteiger partial charge in [0.15, 0.2) is 0 Å². The molecule has 1 radical (unpaired) electrons. The molecule has 7 heteroatoms. The minimum Gasteiger partial charge on any atom is -0.501 e. The van der Waals surface area contributed by atoms with Gasteiger partial charge in [0, 0.05) is 43.1 Å². The molecule has 5 aromatic carbocycles. The van der Waals surface area contributed by atoms with Gasteiger partial charge in [-0.3, -0.25) is 4.98 Å². The van der Waals surface area contributed by atoms with Crippen molar-refractivity contribution < 1.29 is 29.3 Å². The van der Waals surface area contributed by atoms with E-state index in [9.17, 15) is 0 Å². The molecule has 279 valence electrons. The third kappa shape index (κ3) is 8.10. The van der Waals surface area contributed by atoms with Crippen LogP contribution < -0.4 is 9.13 Å². The summed E-state index contributed by atoms with van der Waals surface area (Å²) in [5.41, 5.74) is 11.9. The van der Waals surface area contributed by atoms with E-state index in [1.807, 2.05) is 62.6 Å². The Labute approximate surface area is 344 Å². The number of ether oxygens (including phenoxy) is 1. The maximum Gasteiger partial charge on any atom is 0.120 e. The number of aryl methyl sites for hydroxylation is 2. The summed E-state index contributed by atoms with van der Waals surface area (Å²) in [5.74, 6) is 7.94. The number of hydrogen-bond acceptors (Lipinski definition) is 5. The van der Waals surface area contributed by atoms with Crippen LogP contribution in [-0.2, 0) is 20.1 Å². The second kappa shape index (κ2) is 16.4. The molecule has 0 aliphatic carbocycles. The Hall–Kier alpha value is -5.40. The first-order chi connectivity index (χ1) is 26.6. The van der Waals surface area contributed by atoms with Gasteiger partial charge in [0.25, 0.3) is 0 Å². The van der Waals surface area contributed by atoms with Crippen molar-refractivity contribution in [2.75, 3.05) is 7.11 Å². The van der Waals surface area contributed by atoms with Crippen molar-refractivity contribution in [2.45, 2.75) is 31.1 Å². The van der Waals surface area contributed by atoms with Gasteiger partial charge in [-0.1, -0.05) is 89.5 Å². The van der Waals surface area contributed by atoms with Crippen molar-refractivity contribution >= 4 is 50.4 Å². The molecule has 0 saturated carbocycles. The van der Waals surface area contributed by atoms with E-state index in [0.29, 0.717) is 0 Å². The minimum absolute atomic E-state index is 0. The molecule has 0 unspecified atom stereocenters. The number of benzene rings is 5. The molecule has 0 fully saturated rings. The number of rotatable bonds is 6. The van der Waals surface area contributed by atoms with E-state index in [2.05, 4.69) is 130 Å². The zero-order valence-corrected chi connectivity index (χ0v) is 36.8. The molecule has 0 N–H and O–H groups in total. The Morgan fingerprint density at radius 3 is 2.14 bits per heavy atom. The number of methoxy groups -OCH3 is 1. The third-order valence-electron chi connectivity index (χ3n) is 9.84. The van der Waals surface area contributed by atoms with Crippen LogP contribution in [-0.4, -0.2) is 35.3 Å². The Morgan fingerprint density at radius 1 is 0.661 bits per heavy atom. The van der Waals surface area contributed by atoms with E-state index < -0.39 is 13.3 Å². The van der Waals surface area contributed by atoms with Crippen LogP contribution in [0.4, 0.5) is 0 Å². The van der Waals surface area contributed by atoms with E-state index in [-0.39, 0.29) is 20.1 Å². The van der Waals surface area contributed by atoms with Crippen LogP contribution in [0.1, 0.15) is 11.4 Å². The molecule has 4 aromatic heterocycles. The molecule has 56 heavy (non-hydrogen) atoms. The van der Waals surface area contributed by atoms with Gasteiger partial charge >= 0.3 is 111 Å². The van der Waals surface area contributed by atoms with Gasteiger partial charge in [-0.25, -0.2) is 0 Å². The molecule has 9 rings (SSSR count). The smallest absolute Gasteiger partial charge is 0.120 e. The maximum absolute atomic E-state index is 6.48. The van der Waals surface area contributed by atoms with Gasteiger partial charge in [-0.2, -0.15) is 0 Å². The Bertz CT molecular complexity index is 2800. The van der Waals surface area contributed by atoms with Gasteiger partial charge in [0.05, 0.1) is 5.58 Å². The number of nitrogens with zero attached hydrogens (tertiary/aromatic N) is 3. The Kier molecular flexibility index (Phi) is 11.4. The average Bonchev–Trinajstić information content (AvgIpc) is 3.60. The molecule has 0 aliphatic heterocycles. The van der Waals surface area contributed by atoms with Crippen LogP contribution in [0.5, 0.6) is 5.75 Å². The fraction of sp³-hybridized carbons (Fsp3) is 0.122. The third-order valence-corrected chi connectivity index (χ3v) is 14.1. The zero-order chi connectivity index (χ0) is 38.1. The quantitative estimate of drug-likeness (QED) is 0.123. The topological polar surface area (TPSA) is 61.0 Å². The zero-order valence-electron chi connectivity index (χ0n) is 32.3. The summed E-state index contributed by atoms with van der Waals surface area (Å²) in [6.45, 7) is 4.08. The van der Waals surface area contributed by atoms with Crippen LogP contribution >= 0.6 is 0 Å². The SMILES string of the molecule is COc1cc[c-]c(-c2cc[c]([Ge]([CH3])([CH3])[CH3])cn2)c1.Cc1cc(-c2cccc(-c3c[c-]c(-c4cc5ccccc5cn4)c4oc5ccccc5c34)c2)cc(C)n1.[Ir]. The molecule has 4 heterocycles. The molecular formula is C49H41GeIrN3O2-2. The molecule has 0 bridgehead atoms. The number of hydrogen-bond donors (Lipinski definition) is 0. The summed E-state index contributed by atoms with van der Waals surface area (Å²) in [5, 5.41) is 4.43. The summed E-state index contributed by atoms with van der Waals surface area (Å²) in [4.78, 5) is 13.9. The van der Waals surface area contributed by atoms with Crippen molar-refractivity contribution in [2.24, 2.45) is 0 Å². The molecule has 0 atom stereocenters. The number of fused-ring (bicyclic) bond motifs is 4. The van der Waals surface area contributed by atoms with E-state index in [1.54, 1.807) is 7.11 Å². The van der Waals surface area contributed by atoms with Crippen LogP contribution in [0.15, 0.2) is 144 Å². The van der Waals surface area contributed by atoms with Crippen molar-refractivity contribution in [1.82, 2.24) is 15.0 Å². The fourth-order valence-corrected chi connectivity index (χ4v) is 9.17. The first-order valence-electron chi connectivity index (χ1n) is 18.4. The number of pyridine rings is 3. The van der Waals surface area contributed by atoms with Crippen LogP contribution in [0.3, 0.4) is 0 Å². The first kappa shape index (κ1) is 38.9. The van der Waals surface area contributed by atoms with E-state index in [0.717, 1.165) is 89.1 Å². The van der Waals surface area contributed by atoms with Crippen LogP contribution in [0, 0.1) is 26.0 Å². The summed E-state index contributed by atoms with van der Waals surface area (Å²) in [6.07, 6.45) is 3.94. The van der Waals surface area contributed by atoms with E-state index in [1.165, 1.54) is 9.96 Å². The van der Waals surface area contributed by atoms with Gasteiger partial charge in [-0.15, -0.1) is 12.1 Å². The fourth-order valence-electron chi connectivity index (χ4n) is 6.99. The summed E-state index contributed by atoms with van der Waals surface area (Å²) in [6, 6.07) is 50.3. The first-order valence-corrected chi connectivity index (χ1v) is 25.8. The standard InChI is InChI=1S/C34H23N2O.C15H18GeNO.Ir/c1-21-16-27(17-22(2)36-21)23-10-7-11-25(18-23)28-14-15-29(31-19-24-8-3-4-9-26(24)20-35-31)34-33(28)30-12-5-6-13-32(30)37-34;1-16(2,3)13-8-9-15(17-11-13)12-6-5-7-14(10-12)18-4;/h3-14,16-20H,1-2H3;5,7-11H,1-4H3;/q2*-1;. The second-order valence-electron chi connectivity index (χ2n) is 14.8. The molecule has 5 nitrogen and oxygen atoms in total. The van der Waals surface area contributed by atoms with Gasteiger partial charge in [0.2, 0.25) is 0 Å². The number of aromatic nitrogens is 3. The van der Waals surface area contributed by atoms with Crippen molar-refractivity contribution in [3.8, 4) is 50.5 Å². The summed E-state index contributed by atoms with van der Waals surface area (Å²) < 4.78 is 13.1. The minimum atomic E-state index is -1.76. The van der Waals surface area contributed by atoms with Crippen LogP contribution in [0.2, 0.25) is 17.3 Å². The monoisotopic (exact) mass is 970 g/mol. The van der Waals surface area contributed by atoms with Gasteiger partial charge in [-0.05, 0) is 65.0 Å². The molecule has 0 amide bonds. The second-order valence-corrected chi connectivity index (χ2v) is 25.5.